The van der Waals surface area contributed by atoms with Crippen molar-refractivity contribution in [1.29, 1.82) is 0 Å². The Hall–Kier alpha value is -1.59. The molecule has 0 radical (unpaired) electrons. The summed E-state index contributed by atoms with van der Waals surface area (Å²) in [5.74, 6) is -0.214. The summed E-state index contributed by atoms with van der Waals surface area (Å²) < 4.78 is 6.31. The van der Waals surface area contributed by atoms with Gasteiger partial charge >= 0.3 is 0 Å². The molecule has 0 saturated carbocycles. The lowest BCUT2D eigenvalue weighted by Crippen LogP contribution is -2.45. The third kappa shape index (κ3) is 3.90. The molecule has 1 spiro atoms. The maximum absolute atomic E-state index is 10.9. The number of nitrogens with two attached hydrogens (primary N) is 1. The van der Waals surface area contributed by atoms with Crippen LogP contribution in [0.2, 0.25) is 0 Å². The van der Waals surface area contributed by atoms with Crippen molar-refractivity contribution in [1.82, 2.24) is 4.90 Å². The summed E-state index contributed by atoms with van der Waals surface area (Å²) in [7, 11) is 0. The lowest BCUT2D eigenvalue weighted by atomic mass is 9.87. The summed E-state index contributed by atoms with van der Waals surface area (Å²) in [6.45, 7) is 6.79. The maximum Gasteiger partial charge on any atom is 0.218 e. The fourth-order valence-corrected chi connectivity index (χ4v) is 4.09. The number of carbonyl (C=O) groups is 1. The van der Waals surface area contributed by atoms with Crippen molar-refractivity contribution >= 4 is 11.6 Å². The summed E-state index contributed by atoms with van der Waals surface area (Å²) in [6.07, 6.45) is 3.65. The van der Waals surface area contributed by atoms with Crippen LogP contribution in [0.15, 0.2) is 30.3 Å². The van der Waals surface area contributed by atoms with Crippen molar-refractivity contribution in [3.63, 3.8) is 0 Å². The first kappa shape index (κ1) is 17.2. The van der Waals surface area contributed by atoms with Gasteiger partial charge < -0.3 is 20.3 Å². The highest BCUT2D eigenvalue weighted by Gasteiger charge is 2.44. The average molecular weight is 331 g/mol. The highest BCUT2D eigenvalue weighted by Crippen LogP contribution is 2.38. The predicted octanol–water partition coefficient (Wildman–Crippen LogP) is 2.01. The van der Waals surface area contributed by atoms with Crippen molar-refractivity contribution in [3.05, 3.63) is 30.3 Å². The number of nitrogens with zero attached hydrogens (tertiary/aromatic N) is 2. The van der Waals surface area contributed by atoms with E-state index in [1.807, 2.05) is 0 Å². The van der Waals surface area contributed by atoms with Crippen molar-refractivity contribution in [2.24, 2.45) is 5.73 Å². The molecular formula is C19H29N3O2. The topological polar surface area (TPSA) is 58.8 Å². The zero-order valence-electron chi connectivity index (χ0n) is 14.6. The van der Waals surface area contributed by atoms with Gasteiger partial charge in [0, 0.05) is 38.3 Å². The smallest absolute Gasteiger partial charge is 0.218 e. The molecule has 1 aromatic carbocycles. The van der Waals surface area contributed by atoms with E-state index in [9.17, 15) is 4.79 Å². The van der Waals surface area contributed by atoms with E-state index in [1.54, 1.807) is 0 Å². The van der Waals surface area contributed by atoms with Crippen LogP contribution in [0.25, 0.3) is 0 Å². The Morgan fingerprint density at radius 2 is 2.04 bits per heavy atom. The Bertz CT molecular complexity index is 541. The normalized spacial score (nSPS) is 23.5. The molecule has 1 unspecified atom stereocenters. The van der Waals surface area contributed by atoms with Gasteiger partial charge in [0.2, 0.25) is 5.91 Å². The molecule has 132 valence electrons. The molecule has 2 heterocycles. The maximum atomic E-state index is 10.9. The Kier molecular flexibility index (Phi) is 5.41. The van der Waals surface area contributed by atoms with Crippen LogP contribution >= 0.6 is 0 Å². The average Bonchev–Trinajstić information content (AvgIpc) is 3.00. The highest BCUT2D eigenvalue weighted by molar-refractivity contribution is 5.73. The summed E-state index contributed by atoms with van der Waals surface area (Å²) in [5.41, 5.74) is 6.56. The number of rotatable bonds is 6. The summed E-state index contributed by atoms with van der Waals surface area (Å²) in [5, 5.41) is 0. The minimum Gasteiger partial charge on any atom is -0.373 e. The largest absolute Gasteiger partial charge is 0.373 e. The zero-order chi connectivity index (χ0) is 17.0. The number of likely N-dealkylation sites (N-methyl/N-ethyl adjacent to an activating group) is 1. The SMILES string of the molecule is CCN(c1ccccc1)C1COC2(CCN(CCC(N)=O)CC2)C1. The van der Waals surface area contributed by atoms with E-state index in [2.05, 4.69) is 47.1 Å². The molecule has 0 bridgehead atoms. The van der Waals surface area contributed by atoms with Crippen molar-refractivity contribution in [2.75, 3.05) is 37.7 Å². The molecule has 24 heavy (non-hydrogen) atoms. The molecule has 0 aromatic heterocycles. The Labute approximate surface area is 144 Å². The fraction of sp³-hybridized carbons (Fsp3) is 0.632. The molecule has 2 aliphatic heterocycles. The number of hydrogen-bond donors (Lipinski definition) is 1. The molecule has 2 aliphatic rings. The first-order valence-electron chi connectivity index (χ1n) is 9.08. The van der Waals surface area contributed by atoms with Crippen molar-refractivity contribution < 1.29 is 9.53 Å². The van der Waals surface area contributed by atoms with E-state index < -0.39 is 0 Å². The molecule has 1 aromatic rings. The monoisotopic (exact) mass is 331 g/mol. The van der Waals surface area contributed by atoms with Gasteiger partial charge in [-0.1, -0.05) is 18.2 Å². The van der Waals surface area contributed by atoms with Gasteiger partial charge in [0.15, 0.2) is 0 Å². The molecule has 0 aliphatic carbocycles. The second kappa shape index (κ2) is 7.53. The minimum atomic E-state index is -0.214. The van der Waals surface area contributed by atoms with Crippen LogP contribution in [-0.4, -0.2) is 55.2 Å². The number of piperidine rings is 1. The van der Waals surface area contributed by atoms with Crippen LogP contribution < -0.4 is 10.6 Å². The van der Waals surface area contributed by atoms with Crippen LogP contribution in [0.4, 0.5) is 5.69 Å². The second-order valence-corrected chi connectivity index (χ2v) is 7.03. The van der Waals surface area contributed by atoms with Crippen LogP contribution in [0, 0.1) is 0 Å². The molecule has 5 heteroatoms. The third-order valence-electron chi connectivity index (χ3n) is 5.50. The second-order valence-electron chi connectivity index (χ2n) is 7.03. The highest BCUT2D eigenvalue weighted by atomic mass is 16.5. The molecule has 5 nitrogen and oxygen atoms in total. The van der Waals surface area contributed by atoms with E-state index >= 15 is 0 Å². The number of para-hydroxylation sites is 1. The van der Waals surface area contributed by atoms with E-state index in [-0.39, 0.29) is 11.5 Å². The van der Waals surface area contributed by atoms with Crippen LogP contribution in [-0.2, 0) is 9.53 Å². The molecule has 3 rings (SSSR count). The number of ether oxygens (including phenoxy) is 1. The van der Waals surface area contributed by atoms with Crippen LogP contribution in [0.5, 0.6) is 0 Å². The van der Waals surface area contributed by atoms with Gasteiger partial charge in [-0.25, -0.2) is 0 Å². The summed E-state index contributed by atoms with van der Waals surface area (Å²) in [4.78, 5) is 15.7. The fourth-order valence-electron chi connectivity index (χ4n) is 4.09. The number of benzene rings is 1. The summed E-state index contributed by atoms with van der Waals surface area (Å²) >= 11 is 0. The zero-order valence-corrected chi connectivity index (χ0v) is 14.6. The molecular weight excluding hydrogens is 302 g/mol. The standard InChI is InChI=1S/C19H29N3O2/c1-2-22(16-6-4-3-5-7-16)17-14-19(24-15-17)9-12-21(13-10-19)11-8-18(20)23/h3-7,17H,2,8-15H2,1H3,(H2,20,23). The van der Waals surface area contributed by atoms with Gasteiger partial charge in [-0.15, -0.1) is 0 Å². The van der Waals surface area contributed by atoms with Crippen molar-refractivity contribution in [2.45, 2.75) is 44.2 Å². The van der Waals surface area contributed by atoms with Gasteiger partial charge in [0.05, 0.1) is 18.2 Å². The van der Waals surface area contributed by atoms with Gasteiger partial charge in [-0.05, 0) is 38.3 Å². The Balaban J connectivity index is 1.56. The van der Waals surface area contributed by atoms with E-state index in [0.29, 0.717) is 12.5 Å². The first-order valence-corrected chi connectivity index (χ1v) is 9.08. The van der Waals surface area contributed by atoms with E-state index in [0.717, 1.165) is 52.0 Å². The number of carbonyl (C=O) groups excluding carboxylic acids is 1. The van der Waals surface area contributed by atoms with Gasteiger partial charge in [-0.3, -0.25) is 4.79 Å². The van der Waals surface area contributed by atoms with Gasteiger partial charge in [0.25, 0.3) is 0 Å². The molecule has 2 fully saturated rings. The molecule has 1 atom stereocenters. The quantitative estimate of drug-likeness (QED) is 0.866. The van der Waals surface area contributed by atoms with Gasteiger partial charge in [0.1, 0.15) is 0 Å². The number of primary amides is 1. The minimum absolute atomic E-state index is 0.0239. The van der Waals surface area contributed by atoms with E-state index in [1.165, 1.54) is 5.69 Å². The lowest BCUT2D eigenvalue weighted by Gasteiger charge is -2.39. The Morgan fingerprint density at radius 1 is 1.33 bits per heavy atom. The number of likely N-dealkylation sites (tertiary alicyclic amines) is 1. The predicted molar refractivity (Wildman–Crippen MR) is 96.0 cm³/mol. The molecule has 2 N–H and O–H groups in total. The van der Waals surface area contributed by atoms with Gasteiger partial charge in [-0.2, -0.15) is 0 Å². The lowest BCUT2D eigenvalue weighted by molar-refractivity contribution is -0.118. The van der Waals surface area contributed by atoms with E-state index in [4.69, 9.17) is 10.5 Å². The molecule has 1 amide bonds. The number of hydrogen-bond acceptors (Lipinski definition) is 4. The van der Waals surface area contributed by atoms with Crippen LogP contribution in [0.1, 0.15) is 32.6 Å². The van der Waals surface area contributed by atoms with Crippen LogP contribution in [0.3, 0.4) is 0 Å². The van der Waals surface area contributed by atoms with Crippen molar-refractivity contribution in [3.8, 4) is 0 Å². The Morgan fingerprint density at radius 3 is 2.67 bits per heavy atom. The number of amides is 1. The number of anilines is 1. The molecule has 2 saturated heterocycles. The third-order valence-corrected chi connectivity index (χ3v) is 5.50. The first-order chi connectivity index (χ1) is 11.6. The summed E-state index contributed by atoms with van der Waals surface area (Å²) in [6, 6.07) is 11.1.